The van der Waals surface area contributed by atoms with E-state index in [0.717, 1.165) is 17.9 Å². The van der Waals surface area contributed by atoms with E-state index in [1.165, 1.54) is 7.11 Å². The molecule has 1 N–H and O–H groups in total. The van der Waals surface area contributed by atoms with Crippen LogP contribution in [0.15, 0.2) is 45.8 Å². The fourth-order valence-corrected chi connectivity index (χ4v) is 1.56. The van der Waals surface area contributed by atoms with Crippen LogP contribution in [0.1, 0.15) is 16.1 Å². The van der Waals surface area contributed by atoms with E-state index in [1.807, 2.05) is 25.1 Å². The Morgan fingerprint density at radius 1 is 1.32 bits per heavy atom. The van der Waals surface area contributed by atoms with Crippen molar-refractivity contribution in [2.75, 3.05) is 12.4 Å². The number of aryl methyl sites for hydroxylation is 1. The summed E-state index contributed by atoms with van der Waals surface area (Å²) in [5, 5.41) is 2.68. The van der Waals surface area contributed by atoms with Gasteiger partial charge in [0.2, 0.25) is 11.2 Å². The van der Waals surface area contributed by atoms with E-state index in [2.05, 4.69) is 5.32 Å². The highest BCUT2D eigenvalue weighted by molar-refractivity contribution is 6.02. The molecule has 5 nitrogen and oxygen atoms in total. The molecule has 0 saturated carbocycles. The number of amides is 1. The Bertz CT molecular complexity index is 660. The maximum absolute atomic E-state index is 11.9. The first-order valence-electron chi connectivity index (χ1n) is 5.65. The molecule has 0 saturated heterocycles. The van der Waals surface area contributed by atoms with Gasteiger partial charge in [-0.15, -0.1) is 0 Å². The second-order valence-electron chi connectivity index (χ2n) is 3.95. The molecule has 0 aliphatic heterocycles. The molecular weight excluding hydrogens is 246 g/mol. The number of rotatable bonds is 3. The molecule has 19 heavy (non-hydrogen) atoms. The van der Waals surface area contributed by atoms with E-state index in [9.17, 15) is 9.59 Å². The first kappa shape index (κ1) is 12.9. The number of nitrogens with one attached hydrogen (secondary N) is 1. The van der Waals surface area contributed by atoms with Crippen LogP contribution >= 0.6 is 0 Å². The van der Waals surface area contributed by atoms with Crippen molar-refractivity contribution in [2.24, 2.45) is 0 Å². The quantitative estimate of drug-likeness (QED) is 0.917. The predicted molar refractivity (Wildman–Crippen MR) is 70.7 cm³/mol. The molecule has 1 aromatic heterocycles. The van der Waals surface area contributed by atoms with Crippen LogP contribution in [-0.2, 0) is 0 Å². The van der Waals surface area contributed by atoms with Gasteiger partial charge < -0.3 is 14.5 Å². The van der Waals surface area contributed by atoms with Gasteiger partial charge in [0, 0.05) is 11.8 Å². The fraction of sp³-hybridized carbons (Fsp3) is 0.143. The Morgan fingerprint density at radius 3 is 2.68 bits per heavy atom. The zero-order chi connectivity index (χ0) is 13.8. The van der Waals surface area contributed by atoms with E-state index in [1.54, 1.807) is 6.07 Å². The number of ether oxygens (including phenoxy) is 1. The van der Waals surface area contributed by atoms with Crippen LogP contribution in [0.4, 0.5) is 5.69 Å². The van der Waals surface area contributed by atoms with Gasteiger partial charge in [-0.2, -0.15) is 0 Å². The van der Waals surface area contributed by atoms with Crippen molar-refractivity contribution in [3.63, 3.8) is 0 Å². The lowest BCUT2D eigenvalue weighted by Gasteiger charge is -2.07. The lowest BCUT2D eigenvalue weighted by atomic mass is 10.2. The van der Waals surface area contributed by atoms with Crippen LogP contribution < -0.4 is 15.5 Å². The Morgan fingerprint density at radius 2 is 2.05 bits per heavy atom. The summed E-state index contributed by atoms with van der Waals surface area (Å²) >= 11 is 0. The van der Waals surface area contributed by atoms with Gasteiger partial charge in [0.1, 0.15) is 6.26 Å². The molecule has 0 aliphatic rings. The minimum absolute atomic E-state index is 0.0611. The highest BCUT2D eigenvalue weighted by Crippen LogP contribution is 2.14. The molecule has 0 spiro atoms. The molecule has 0 radical (unpaired) electrons. The summed E-state index contributed by atoms with van der Waals surface area (Å²) in [5.74, 6) is -0.476. The highest BCUT2D eigenvalue weighted by Gasteiger charge is 2.12. The number of methoxy groups -OCH3 is 1. The van der Waals surface area contributed by atoms with Crippen LogP contribution in [0.2, 0.25) is 0 Å². The molecule has 2 aromatic rings. The number of carbonyl (C=O) groups excluding carboxylic acids is 1. The normalized spacial score (nSPS) is 10.0. The molecule has 0 unspecified atom stereocenters. The standard InChI is InChI=1S/C14H13NO4/c1-9-5-3-4-6-10(9)15-14(17)12-7-11(16)13(18-2)8-19-12/h3-8H,1-2H3,(H,15,17). The Kier molecular flexibility index (Phi) is 3.66. The molecule has 1 amide bonds. The van der Waals surface area contributed by atoms with Crippen LogP contribution in [0, 0.1) is 6.92 Å². The molecule has 5 heteroatoms. The number of hydrogen-bond acceptors (Lipinski definition) is 4. The monoisotopic (exact) mass is 259 g/mol. The summed E-state index contributed by atoms with van der Waals surface area (Å²) in [6, 6.07) is 8.44. The highest BCUT2D eigenvalue weighted by atomic mass is 16.5. The molecule has 0 aliphatic carbocycles. The summed E-state index contributed by atoms with van der Waals surface area (Å²) in [5.41, 5.74) is 1.20. The third kappa shape index (κ3) is 2.82. The third-order valence-electron chi connectivity index (χ3n) is 2.63. The molecule has 0 fully saturated rings. The van der Waals surface area contributed by atoms with Crippen molar-refractivity contribution >= 4 is 11.6 Å². The SMILES string of the molecule is COc1coc(C(=O)Nc2ccccc2C)cc1=O. The van der Waals surface area contributed by atoms with Gasteiger partial charge in [-0.25, -0.2) is 0 Å². The molecule has 1 aromatic carbocycles. The molecule has 2 rings (SSSR count). The van der Waals surface area contributed by atoms with Crippen LogP contribution in [-0.4, -0.2) is 13.0 Å². The summed E-state index contributed by atoms with van der Waals surface area (Å²) in [7, 11) is 1.36. The fourth-order valence-electron chi connectivity index (χ4n) is 1.56. The van der Waals surface area contributed by atoms with Gasteiger partial charge in [-0.3, -0.25) is 9.59 Å². The van der Waals surface area contributed by atoms with Gasteiger partial charge in [0.15, 0.2) is 5.76 Å². The largest absolute Gasteiger partial charge is 0.490 e. The molecule has 0 atom stereocenters. The zero-order valence-corrected chi connectivity index (χ0v) is 10.6. The predicted octanol–water partition coefficient (Wildman–Crippen LogP) is 2.21. The second-order valence-corrected chi connectivity index (χ2v) is 3.95. The zero-order valence-electron chi connectivity index (χ0n) is 10.6. The number of hydrogen-bond donors (Lipinski definition) is 1. The lowest BCUT2D eigenvalue weighted by molar-refractivity contribution is 0.0993. The average Bonchev–Trinajstić information content (AvgIpc) is 2.41. The van der Waals surface area contributed by atoms with Crippen LogP contribution in [0.25, 0.3) is 0 Å². The Labute approximate surface area is 109 Å². The molecule has 0 bridgehead atoms. The summed E-state index contributed by atoms with van der Waals surface area (Å²) in [6.07, 6.45) is 1.12. The van der Waals surface area contributed by atoms with Crippen molar-refractivity contribution in [3.8, 4) is 5.75 Å². The van der Waals surface area contributed by atoms with Gasteiger partial charge in [-0.05, 0) is 18.6 Å². The summed E-state index contributed by atoms with van der Waals surface area (Å²) < 4.78 is 9.85. The molecule has 98 valence electrons. The van der Waals surface area contributed by atoms with Gasteiger partial charge in [0.05, 0.1) is 7.11 Å². The first-order valence-corrected chi connectivity index (χ1v) is 5.65. The smallest absolute Gasteiger partial charge is 0.291 e. The molecule has 1 heterocycles. The summed E-state index contributed by atoms with van der Waals surface area (Å²) in [4.78, 5) is 23.5. The van der Waals surface area contributed by atoms with E-state index in [4.69, 9.17) is 9.15 Å². The Hall–Kier alpha value is -2.56. The number of carbonyl (C=O) groups is 1. The third-order valence-corrected chi connectivity index (χ3v) is 2.63. The minimum Gasteiger partial charge on any atom is -0.490 e. The maximum Gasteiger partial charge on any atom is 0.291 e. The summed E-state index contributed by atoms with van der Waals surface area (Å²) in [6.45, 7) is 1.87. The number of para-hydroxylation sites is 1. The Balaban J connectivity index is 2.24. The van der Waals surface area contributed by atoms with Crippen molar-refractivity contribution < 1.29 is 13.9 Å². The van der Waals surface area contributed by atoms with Gasteiger partial charge in [-0.1, -0.05) is 18.2 Å². The van der Waals surface area contributed by atoms with Crippen LogP contribution in [0.5, 0.6) is 5.75 Å². The first-order chi connectivity index (χ1) is 9.11. The topological polar surface area (TPSA) is 68.5 Å². The van der Waals surface area contributed by atoms with E-state index < -0.39 is 11.3 Å². The van der Waals surface area contributed by atoms with Gasteiger partial charge >= 0.3 is 0 Å². The van der Waals surface area contributed by atoms with Crippen molar-refractivity contribution in [1.29, 1.82) is 0 Å². The lowest BCUT2D eigenvalue weighted by Crippen LogP contribution is -2.15. The van der Waals surface area contributed by atoms with Crippen molar-refractivity contribution in [3.05, 3.63) is 58.1 Å². The van der Waals surface area contributed by atoms with E-state index in [-0.39, 0.29) is 11.5 Å². The van der Waals surface area contributed by atoms with Crippen molar-refractivity contribution in [2.45, 2.75) is 6.92 Å². The number of benzene rings is 1. The maximum atomic E-state index is 11.9. The minimum atomic E-state index is -0.478. The second kappa shape index (κ2) is 5.39. The van der Waals surface area contributed by atoms with Gasteiger partial charge in [0.25, 0.3) is 5.91 Å². The van der Waals surface area contributed by atoms with E-state index in [0.29, 0.717) is 5.69 Å². The van der Waals surface area contributed by atoms with E-state index >= 15 is 0 Å². The average molecular weight is 259 g/mol. The molecular formula is C14H13NO4. The number of anilines is 1. The van der Waals surface area contributed by atoms with Crippen molar-refractivity contribution in [1.82, 2.24) is 0 Å². The van der Waals surface area contributed by atoms with Crippen LogP contribution in [0.3, 0.4) is 0 Å².